The summed E-state index contributed by atoms with van der Waals surface area (Å²) in [5.41, 5.74) is 1.35. The molecule has 0 aromatic heterocycles. The van der Waals surface area contributed by atoms with E-state index in [0.29, 0.717) is 12.0 Å². The van der Waals surface area contributed by atoms with Crippen LogP contribution in [-0.2, 0) is 6.42 Å². The summed E-state index contributed by atoms with van der Waals surface area (Å²) >= 11 is 0. The van der Waals surface area contributed by atoms with Gasteiger partial charge in [-0.05, 0) is 30.9 Å². The summed E-state index contributed by atoms with van der Waals surface area (Å²) in [5, 5.41) is 0. The Kier molecular flexibility index (Phi) is 3.99. The quantitative estimate of drug-likeness (QED) is 0.609. The monoisotopic (exact) mass is 192 g/mol. The third kappa shape index (κ3) is 2.28. The lowest BCUT2D eigenvalue weighted by Gasteiger charge is -2.28. The van der Waals surface area contributed by atoms with Crippen LogP contribution in [0.2, 0.25) is 0 Å². The normalized spacial score (nSPS) is 24.0. The Morgan fingerprint density at radius 3 is 2.50 bits per heavy atom. The van der Waals surface area contributed by atoms with Gasteiger partial charge in [-0.1, -0.05) is 39.0 Å². The van der Waals surface area contributed by atoms with Crippen molar-refractivity contribution in [1.82, 2.24) is 0 Å². The maximum Gasteiger partial charge on any atom is 0.122 e. The Morgan fingerprint density at radius 1 is 1.14 bits per heavy atom. The lowest BCUT2D eigenvalue weighted by Crippen LogP contribution is -2.27. The molecule has 0 spiro atoms. The molecule has 1 aliphatic rings. The van der Waals surface area contributed by atoms with E-state index in [1.807, 2.05) is 19.9 Å². The molecule has 1 nitrogen and oxygen atoms in total. The predicted molar refractivity (Wildman–Crippen MR) is 60.7 cm³/mol. The van der Waals surface area contributed by atoms with E-state index in [0.717, 1.165) is 12.2 Å². The first-order valence-corrected chi connectivity index (χ1v) is 5.52. The van der Waals surface area contributed by atoms with Gasteiger partial charge in [-0.15, -0.1) is 0 Å². The average molecular weight is 192 g/mol. The third-order valence-electron chi connectivity index (χ3n) is 2.63. The van der Waals surface area contributed by atoms with Gasteiger partial charge in [0.15, 0.2) is 0 Å². The molecule has 0 radical (unpaired) electrons. The summed E-state index contributed by atoms with van der Waals surface area (Å²) in [6.07, 6.45) is 1.51. The molecule has 1 aromatic carbocycles. The molecule has 0 saturated heterocycles. The topological polar surface area (TPSA) is 9.23 Å². The van der Waals surface area contributed by atoms with E-state index >= 15 is 0 Å². The minimum absolute atomic E-state index is 0.361. The first kappa shape index (κ1) is 11.1. The third-order valence-corrected chi connectivity index (χ3v) is 2.63. The number of fused-ring (bicyclic) bond motifs is 1. The largest absolute Gasteiger partial charge is 0.490 e. The van der Waals surface area contributed by atoms with Crippen LogP contribution < -0.4 is 4.74 Å². The van der Waals surface area contributed by atoms with Crippen molar-refractivity contribution < 1.29 is 4.74 Å². The SMILES string of the molecule is CC.C[C@H]1Cc2ccccc2O[C@@H]1C. The molecular formula is C13H20O. The van der Waals surface area contributed by atoms with Gasteiger partial charge in [0.1, 0.15) is 5.75 Å². The Labute approximate surface area is 87.1 Å². The van der Waals surface area contributed by atoms with E-state index < -0.39 is 0 Å². The van der Waals surface area contributed by atoms with Crippen LogP contribution in [0, 0.1) is 5.92 Å². The minimum atomic E-state index is 0.361. The molecule has 2 rings (SSSR count). The molecule has 14 heavy (non-hydrogen) atoms. The van der Waals surface area contributed by atoms with Crippen molar-refractivity contribution >= 4 is 0 Å². The second-order valence-corrected chi connectivity index (χ2v) is 3.61. The molecule has 1 heterocycles. The number of rotatable bonds is 0. The first-order chi connectivity index (χ1) is 6.77. The Balaban J connectivity index is 0.000000461. The van der Waals surface area contributed by atoms with Crippen molar-refractivity contribution in [2.75, 3.05) is 0 Å². The van der Waals surface area contributed by atoms with Gasteiger partial charge < -0.3 is 4.74 Å². The van der Waals surface area contributed by atoms with Crippen molar-refractivity contribution in [2.24, 2.45) is 5.92 Å². The highest BCUT2D eigenvalue weighted by molar-refractivity contribution is 5.35. The van der Waals surface area contributed by atoms with E-state index in [2.05, 4.69) is 32.0 Å². The molecule has 0 amide bonds. The van der Waals surface area contributed by atoms with Gasteiger partial charge in [0, 0.05) is 0 Å². The number of benzene rings is 1. The van der Waals surface area contributed by atoms with Crippen LogP contribution >= 0.6 is 0 Å². The van der Waals surface area contributed by atoms with Gasteiger partial charge in [0.2, 0.25) is 0 Å². The summed E-state index contributed by atoms with van der Waals surface area (Å²) < 4.78 is 5.74. The Hall–Kier alpha value is -0.980. The van der Waals surface area contributed by atoms with Gasteiger partial charge >= 0.3 is 0 Å². The molecule has 0 aliphatic carbocycles. The van der Waals surface area contributed by atoms with Crippen LogP contribution in [0.3, 0.4) is 0 Å². The van der Waals surface area contributed by atoms with E-state index in [9.17, 15) is 0 Å². The molecule has 1 heteroatoms. The molecule has 2 atom stereocenters. The molecule has 1 aromatic rings. The number of hydrogen-bond acceptors (Lipinski definition) is 1. The summed E-state index contributed by atoms with van der Waals surface area (Å²) in [7, 11) is 0. The van der Waals surface area contributed by atoms with Gasteiger partial charge in [-0.25, -0.2) is 0 Å². The fraction of sp³-hybridized carbons (Fsp3) is 0.538. The maximum atomic E-state index is 5.74. The van der Waals surface area contributed by atoms with Gasteiger partial charge in [0.25, 0.3) is 0 Å². The molecule has 0 N–H and O–H groups in total. The zero-order valence-electron chi connectivity index (χ0n) is 9.58. The fourth-order valence-electron chi connectivity index (χ4n) is 1.62. The second kappa shape index (κ2) is 5.04. The van der Waals surface area contributed by atoms with Crippen LogP contribution in [0.25, 0.3) is 0 Å². The number of ether oxygens (including phenoxy) is 1. The molecule has 0 fully saturated rings. The van der Waals surface area contributed by atoms with E-state index in [4.69, 9.17) is 4.74 Å². The predicted octanol–water partition coefficient (Wildman–Crippen LogP) is 3.67. The highest BCUT2D eigenvalue weighted by Gasteiger charge is 2.21. The van der Waals surface area contributed by atoms with Crippen LogP contribution in [-0.4, -0.2) is 6.10 Å². The van der Waals surface area contributed by atoms with Crippen molar-refractivity contribution in [3.05, 3.63) is 29.8 Å². The summed E-state index contributed by atoms with van der Waals surface area (Å²) in [6, 6.07) is 8.31. The second-order valence-electron chi connectivity index (χ2n) is 3.61. The summed E-state index contributed by atoms with van der Waals surface area (Å²) in [5.74, 6) is 1.71. The Bertz CT molecular complexity index is 251. The highest BCUT2D eigenvalue weighted by atomic mass is 16.5. The molecule has 78 valence electrons. The molecule has 0 unspecified atom stereocenters. The van der Waals surface area contributed by atoms with E-state index in [1.54, 1.807) is 0 Å². The standard InChI is InChI=1S/C11H14O.C2H6/c1-8-7-10-5-3-4-6-11(10)12-9(8)2;1-2/h3-6,8-9H,7H2,1-2H3;1-2H3/t8-,9+;/m0./s1. The van der Waals surface area contributed by atoms with E-state index in [-0.39, 0.29) is 0 Å². The van der Waals surface area contributed by atoms with Gasteiger partial charge in [0.05, 0.1) is 6.10 Å². The zero-order valence-corrected chi connectivity index (χ0v) is 9.58. The smallest absolute Gasteiger partial charge is 0.122 e. The van der Waals surface area contributed by atoms with Crippen LogP contribution in [0.15, 0.2) is 24.3 Å². The van der Waals surface area contributed by atoms with Crippen LogP contribution in [0.5, 0.6) is 5.75 Å². The van der Waals surface area contributed by atoms with Crippen molar-refractivity contribution in [3.8, 4) is 5.75 Å². The van der Waals surface area contributed by atoms with Crippen molar-refractivity contribution in [3.63, 3.8) is 0 Å². The van der Waals surface area contributed by atoms with Crippen LogP contribution in [0.1, 0.15) is 33.3 Å². The minimum Gasteiger partial charge on any atom is -0.490 e. The molecule has 1 aliphatic heterocycles. The van der Waals surface area contributed by atoms with Crippen LogP contribution in [0.4, 0.5) is 0 Å². The molecule has 0 saturated carbocycles. The zero-order chi connectivity index (χ0) is 10.6. The highest BCUT2D eigenvalue weighted by Crippen LogP contribution is 2.29. The molecule has 0 bridgehead atoms. The van der Waals surface area contributed by atoms with E-state index in [1.165, 1.54) is 5.56 Å². The number of hydrogen-bond donors (Lipinski definition) is 0. The summed E-state index contributed by atoms with van der Waals surface area (Å²) in [4.78, 5) is 0. The average Bonchev–Trinajstić information content (AvgIpc) is 2.23. The number of para-hydroxylation sites is 1. The van der Waals surface area contributed by atoms with Gasteiger partial charge in [-0.3, -0.25) is 0 Å². The summed E-state index contributed by atoms with van der Waals surface area (Å²) in [6.45, 7) is 8.38. The Morgan fingerprint density at radius 2 is 1.79 bits per heavy atom. The van der Waals surface area contributed by atoms with Gasteiger partial charge in [-0.2, -0.15) is 0 Å². The molecular weight excluding hydrogens is 172 g/mol. The van der Waals surface area contributed by atoms with Crippen molar-refractivity contribution in [1.29, 1.82) is 0 Å². The van der Waals surface area contributed by atoms with Crippen molar-refractivity contribution in [2.45, 2.75) is 40.2 Å². The lowest BCUT2D eigenvalue weighted by molar-refractivity contribution is 0.140. The fourth-order valence-corrected chi connectivity index (χ4v) is 1.62. The maximum absolute atomic E-state index is 5.74. The lowest BCUT2D eigenvalue weighted by atomic mass is 9.93. The first-order valence-electron chi connectivity index (χ1n) is 5.52.